The zero-order valence-corrected chi connectivity index (χ0v) is 17.8. The molecule has 0 N–H and O–H groups in total. The number of carbonyl (C=O) groups is 1. The van der Waals surface area contributed by atoms with E-state index in [-0.39, 0.29) is 11.9 Å². The van der Waals surface area contributed by atoms with E-state index in [0.717, 1.165) is 44.4 Å². The Morgan fingerprint density at radius 3 is 2.44 bits per heavy atom. The van der Waals surface area contributed by atoms with Gasteiger partial charge in [-0.2, -0.15) is 0 Å². The predicted octanol–water partition coefficient (Wildman–Crippen LogP) is 3.94. The highest BCUT2D eigenvalue weighted by Gasteiger charge is 2.61. The van der Waals surface area contributed by atoms with E-state index in [1.54, 1.807) is 0 Å². The molecule has 3 saturated heterocycles. The van der Waals surface area contributed by atoms with Crippen molar-refractivity contribution in [3.63, 3.8) is 0 Å². The van der Waals surface area contributed by atoms with E-state index in [2.05, 4.69) is 23.6 Å². The molecule has 5 fully saturated rings. The summed E-state index contributed by atoms with van der Waals surface area (Å²) in [6.07, 6.45) is 10.5. The van der Waals surface area contributed by atoms with Crippen molar-refractivity contribution in [1.29, 1.82) is 0 Å². The van der Waals surface area contributed by atoms with Crippen molar-refractivity contribution < 1.29 is 9.53 Å². The molecule has 3 atom stereocenters. The first-order valence-corrected chi connectivity index (χ1v) is 11.6. The lowest BCUT2D eigenvalue weighted by molar-refractivity contribution is -0.149. The number of nitrogens with zero attached hydrogens (tertiary/aromatic N) is 2. The third-order valence-corrected chi connectivity index (χ3v) is 8.58. The van der Waals surface area contributed by atoms with E-state index in [4.69, 9.17) is 4.74 Å². The fourth-order valence-corrected chi connectivity index (χ4v) is 7.12. The number of hydrogen-bond acceptors (Lipinski definition) is 4. The van der Waals surface area contributed by atoms with Gasteiger partial charge in [-0.1, -0.05) is 13.8 Å². The van der Waals surface area contributed by atoms with Gasteiger partial charge >= 0.3 is 5.97 Å². The highest BCUT2D eigenvalue weighted by Crippen LogP contribution is 2.65. The van der Waals surface area contributed by atoms with Crippen molar-refractivity contribution in [3.05, 3.63) is 0 Å². The van der Waals surface area contributed by atoms with Crippen LogP contribution < -0.4 is 0 Å². The molecule has 4 bridgehead atoms. The number of esters is 1. The molecule has 3 unspecified atom stereocenters. The van der Waals surface area contributed by atoms with Gasteiger partial charge in [-0.05, 0) is 94.7 Å². The Kier molecular flexibility index (Phi) is 5.59. The van der Waals surface area contributed by atoms with Crippen LogP contribution in [-0.2, 0) is 9.53 Å². The summed E-state index contributed by atoms with van der Waals surface area (Å²) in [7, 11) is 0. The summed E-state index contributed by atoms with van der Waals surface area (Å²) in [5.41, 5.74) is 1.29. The Bertz CT molecular complexity index is 532. The maximum atomic E-state index is 12.0. The highest BCUT2D eigenvalue weighted by molar-refractivity contribution is 5.72. The predicted molar refractivity (Wildman–Crippen MR) is 109 cm³/mol. The van der Waals surface area contributed by atoms with Crippen molar-refractivity contribution in [1.82, 2.24) is 9.80 Å². The summed E-state index contributed by atoms with van der Waals surface area (Å²) >= 11 is 0. The lowest BCUT2D eigenvalue weighted by Crippen LogP contribution is -2.59. The van der Waals surface area contributed by atoms with E-state index in [1.165, 1.54) is 51.6 Å². The number of likely N-dealkylation sites (tertiary alicyclic amines) is 1. The SMILES string of the molecule is CCOC(=O)C1CCCN(CCCCN2CC3C4(C)CCC3(C)CC2C4)C1. The monoisotopic (exact) mass is 376 g/mol. The van der Waals surface area contributed by atoms with Crippen LogP contribution in [0.5, 0.6) is 0 Å². The molecule has 0 radical (unpaired) electrons. The zero-order valence-electron chi connectivity index (χ0n) is 17.8. The molecule has 2 aliphatic carbocycles. The number of fused-ring (bicyclic) bond motifs is 1. The van der Waals surface area contributed by atoms with E-state index < -0.39 is 0 Å². The van der Waals surface area contributed by atoms with Gasteiger partial charge < -0.3 is 14.5 Å². The third kappa shape index (κ3) is 3.81. The maximum absolute atomic E-state index is 12.0. The van der Waals surface area contributed by atoms with Gasteiger partial charge in [-0.3, -0.25) is 4.79 Å². The largest absolute Gasteiger partial charge is 0.466 e. The summed E-state index contributed by atoms with van der Waals surface area (Å²) in [5, 5.41) is 0. The molecule has 27 heavy (non-hydrogen) atoms. The lowest BCUT2D eigenvalue weighted by Gasteiger charge is -2.58. The van der Waals surface area contributed by atoms with Crippen molar-refractivity contribution in [2.45, 2.75) is 78.2 Å². The molecule has 4 nitrogen and oxygen atoms in total. The van der Waals surface area contributed by atoms with Gasteiger partial charge in [0.2, 0.25) is 0 Å². The van der Waals surface area contributed by atoms with E-state index in [1.807, 2.05) is 6.92 Å². The summed E-state index contributed by atoms with van der Waals surface area (Å²) in [4.78, 5) is 17.3. The highest BCUT2D eigenvalue weighted by atomic mass is 16.5. The van der Waals surface area contributed by atoms with E-state index in [9.17, 15) is 4.79 Å². The summed E-state index contributed by atoms with van der Waals surface area (Å²) in [5.74, 6) is 1.05. The van der Waals surface area contributed by atoms with Gasteiger partial charge in [0.15, 0.2) is 0 Å². The Hall–Kier alpha value is -0.610. The van der Waals surface area contributed by atoms with Crippen LogP contribution in [0.25, 0.3) is 0 Å². The molecule has 0 amide bonds. The maximum Gasteiger partial charge on any atom is 0.310 e. The van der Waals surface area contributed by atoms with Crippen LogP contribution in [-0.4, -0.2) is 61.1 Å². The molecule has 3 aliphatic heterocycles. The van der Waals surface area contributed by atoms with Crippen LogP contribution in [0, 0.1) is 22.7 Å². The smallest absolute Gasteiger partial charge is 0.310 e. The van der Waals surface area contributed by atoms with Crippen LogP contribution in [0.4, 0.5) is 0 Å². The number of carbonyl (C=O) groups excluding carboxylic acids is 1. The third-order valence-electron chi connectivity index (χ3n) is 8.58. The first-order valence-electron chi connectivity index (χ1n) is 11.6. The van der Waals surface area contributed by atoms with Crippen LogP contribution in [0.2, 0.25) is 0 Å². The van der Waals surface area contributed by atoms with Crippen molar-refractivity contribution in [2.24, 2.45) is 22.7 Å². The zero-order chi connectivity index (χ0) is 19.1. The summed E-state index contributed by atoms with van der Waals surface area (Å²) in [6.45, 7) is 13.4. The van der Waals surface area contributed by atoms with Gasteiger partial charge in [0, 0.05) is 19.1 Å². The fraction of sp³-hybridized carbons (Fsp3) is 0.957. The standard InChI is InChI=1S/C23H40N2O2/c1-4-27-21(26)18-8-7-12-24(16-18)11-5-6-13-25-17-20-22(2)9-10-23(20,3)15-19(25)14-22/h18-20H,4-17H2,1-3H3. The number of hydrogen-bond donors (Lipinski definition) is 0. The number of piperidine rings is 3. The minimum absolute atomic E-state index is 0.0168. The van der Waals surface area contributed by atoms with Crippen molar-refractivity contribution in [2.75, 3.05) is 39.3 Å². The van der Waals surface area contributed by atoms with E-state index in [0.29, 0.717) is 17.4 Å². The molecule has 5 rings (SSSR count). The van der Waals surface area contributed by atoms with Crippen LogP contribution in [0.3, 0.4) is 0 Å². The first-order chi connectivity index (χ1) is 12.9. The number of ether oxygens (including phenoxy) is 1. The van der Waals surface area contributed by atoms with E-state index >= 15 is 0 Å². The molecular formula is C23H40N2O2. The average Bonchev–Trinajstić information content (AvgIpc) is 2.82. The second-order valence-corrected chi connectivity index (χ2v) is 10.5. The van der Waals surface area contributed by atoms with Crippen molar-refractivity contribution in [3.8, 4) is 0 Å². The molecule has 0 spiro atoms. The number of unbranched alkanes of at least 4 members (excludes halogenated alkanes) is 1. The molecule has 0 aromatic rings. The normalized spacial score (nSPS) is 41.8. The van der Waals surface area contributed by atoms with Crippen LogP contribution in [0.1, 0.15) is 72.1 Å². The number of rotatable bonds is 7. The molecular weight excluding hydrogens is 336 g/mol. The van der Waals surface area contributed by atoms with Crippen molar-refractivity contribution >= 4 is 5.97 Å². The molecule has 0 aromatic heterocycles. The Balaban J connectivity index is 1.19. The Morgan fingerprint density at radius 2 is 1.78 bits per heavy atom. The average molecular weight is 377 g/mol. The second kappa shape index (κ2) is 7.67. The molecule has 2 saturated carbocycles. The molecule has 154 valence electrons. The quantitative estimate of drug-likeness (QED) is 0.498. The van der Waals surface area contributed by atoms with Gasteiger partial charge in [0.1, 0.15) is 0 Å². The lowest BCUT2D eigenvalue weighted by atomic mass is 9.57. The molecule has 0 aromatic carbocycles. The summed E-state index contributed by atoms with van der Waals surface area (Å²) in [6, 6.07) is 0.843. The molecule has 5 aliphatic rings. The minimum Gasteiger partial charge on any atom is -0.466 e. The van der Waals surface area contributed by atoms with Crippen LogP contribution >= 0.6 is 0 Å². The second-order valence-electron chi connectivity index (χ2n) is 10.5. The van der Waals surface area contributed by atoms with Gasteiger partial charge in [0.05, 0.1) is 12.5 Å². The van der Waals surface area contributed by atoms with Crippen LogP contribution in [0.15, 0.2) is 0 Å². The van der Waals surface area contributed by atoms with Gasteiger partial charge in [-0.25, -0.2) is 0 Å². The Morgan fingerprint density at radius 1 is 1.07 bits per heavy atom. The minimum atomic E-state index is 0.0168. The van der Waals surface area contributed by atoms with Gasteiger partial charge in [0.25, 0.3) is 0 Å². The fourth-order valence-electron chi connectivity index (χ4n) is 7.12. The molecule has 3 heterocycles. The first kappa shape index (κ1) is 19.7. The molecule has 4 heteroatoms. The Labute approximate surface area is 166 Å². The topological polar surface area (TPSA) is 32.8 Å². The summed E-state index contributed by atoms with van der Waals surface area (Å²) < 4.78 is 5.23. The van der Waals surface area contributed by atoms with Gasteiger partial charge in [-0.15, -0.1) is 0 Å².